The molecule has 0 amide bonds. The maximum atomic E-state index is 12.6. The number of alkyl halides is 3. The summed E-state index contributed by atoms with van der Waals surface area (Å²) in [6.45, 7) is 1.48. The van der Waals surface area contributed by atoms with Gasteiger partial charge in [-0.05, 0) is 17.5 Å². The van der Waals surface area contributed by atoms with Crippen LogP contribution in [0, 0.1) is 5.92 Å². The number of halogens is 3. The van der Waals surface area contributed by atoms with E-state index in [0.29, 0.717) is 30.9 Å². The lowest BCUT2D eigenvalue weighted by molar-refractivity contribution is -0.141. The minimum Gasteiger partial charge on any atom is -0.481 e. The highest BCUT2D eigenvalue weighted by Gasteiger charge is 2.37. The number of likely N-dealkylation sites (tertiary alicyclic amines) is 1. The van der Waals surface area contributed by atoms with E-state index in [2.05, 4.69) is 20.4 Å². The first-order valence-corrected chi connectivity index (χ1v) is 7.65. The van der Waals surface area contributed by atoms with Crippen LogP contribution in [-0.4, -0.2) is 49.5 Å². The molecule has 3 heterocycles. The molecule has 1 fully saturated rings. The number of aromatic amines is 1. The number of carboxylic acid groups (broad SMARTS) is 1. The van der Waals surface area contributed by atoms with Gasteiger partial charge in [0.05, 0.1) is 18.3 Å². The Morgan fingerprint density at radius 1 is 1.32 bits per heavy atom. The van der Waals surface area contributed by atoms with Gasteiger partial charge in [-0.2, -0.15) is 28.6 Å². The zero-order valence-corrected chi connectivity index (χ0v) is 13.1. The van der Waals surface area contributed by atoms with Crippen LogP contribution >= 0.6 is 0 Å². The second-order valence-corrected chi connectivity index (χ2v) is 6.10. The van der Waals surface area contributed by atoms with E-state index in [-0.39, 0.29) is 18.3 Å². The van der Waals surface area contributed by atoms with Crippen molar-refractivity contribution in [3.63, 3.8) is 0 Å². The summed E-state index contributed by atoms with van der Waals surface area (Å²) in [5.74, 6) is -1.11. The summed E-state index contributed by atoms with van der Waals surface area (Å²) in [7, 11) is 0. The second kappa shape index (κ2) is 6.79. The zero-order chi connectivity index (χ0) is 18.0. The normalized spacial score (nSPS) is 21.6. The Labute approximate surface area is 140 Å². The van der Waals surface area contributed by atoms with E-state index in [1.807, 2.05) is 4.90 Å². The molecular weight excluding hydrogens is 339 g/mol. The molecule has 0 unspecified atom stereocenters. The minimum absolute atomic E-state index is 0.000706. The quantitative estimate of drug-likeness (QED) is 0.851. The molecule has 7 nitrogen and oxygen atoms in total. The zero-order valence-electron chi connectivity index (χ0n) is 13.1. The lowest BCUT2D eigenvalue weighted by Gasteiger charge is -2.15. The number of carbonyl (C=O) groups is 1. The van der Waals surface area contributed by atoms with Crippen LogP contribution in [0.2, 0.25) is 0 Å². The van der Waals surface area contributed by atoms with Gasteiger partial charge in [-0.3, -0.25) is 14.7 Å². The maximum absolute atomic E-state index is 12.6. The minimum atomic E-state index is -4.46. The van der Waals surface area contributed by atoms with Gasteiger partial charge in [-0.25, -0.2) is 0 Å². The number of carboxylic acids is 1. The average molecular weight is 355 g/mol. The molecule has 0 saturated carbocycles. The van der Waals surface area contributed by atoms with Crippen LogP contribution in [0.4, 0.5) is 13.2 Å². The number of pyridine rings is 1. The molecule has 2 aromatic rings. The Balaban J connectivity index is 1.70. The summed E-state index contributed by atoms with van der Waals surface area (Å²) >= 11 is 0. The molecule has 1 saturated heterocycles. The van der Waals surface area contributed by atoms with Gasteiger partial charge in [0.25, 0.3) is 0 Å². The van der Waals surface area contributed by atoms with Gasteiger partial charge in [0.2, 0.25) is 0 Å². The molecule has 134 valence electrons. The van der Waals surface area contributed by atoms with Gasteiger partial charge in [-0.15, -0.1) is 0 Å². The summed E-state index contributed by atoms with van der Waals surface area (Å²) in [6.07, 6.45) is -1.68. The van der Waals surface area contributed by atoms with Crippen molar-refractivity contribution < 1.29 is 23.1 Å². The number of nitrogens with zero attached hydrogens (tertiary/aromatic N) is 4. The Hall–Kier alpha value is -2.49. The summed E-state index contributed by atoms with van der Waals surface area (Å²) in [4.78, 5) is 16.5. The van der Waals surface area contributed by atoms with Crippen LogP contribution in [-0.2, 0) is 17.5 Å². The third kappa shape index (κ3) is 4.13. The van der Waals surface area contributed by atoms with Gasteiger partial charge < -0.3 is 5.11 Å². The van der Waals surface area contributed by atoms with Crippen molar-refractivity contribution in [2.24, 2.45) is 5.92 Å². The SMILES string of the molecule is O=C(O)C[C@H]1CN(Cc2ccc(C(F)(F)F)nc2)C[C@H]1c1cn[nH]n1. The standard InChI is InChI=1S/C15H16F3N5O2/c16-15(17,18)13-2-1-9(4-19-13)6-23-7-10(3-14(24)25)11(8-23)12-5-20-22-21-12/h1-2,4-5,10-11H,3,6-8H2,(H,24,25)(H,20,21,22)/t10-,11+/m0/s1. The number of aliphatic carboxylic acids is 1. The fourth-order valence-corrected chi connectivity index (χ4v) is 3.19. The molecule has 0 bridgehead atoms. The third-order valence-corrected chi connectivity index (χ3v) is 4.29. The summed E-state index contributed by atoms with van der Waals surface area (Å²) in [5.41, 5.74) is 0.407. The second-order valence-electron chi connectivity index (χ2n) is 6.10. The summed E-state index contributed by atoms with van der Waals surface area (Å²) in [5, 5.41) is 19.4. The molecule has 0 aromatic carbocycles. The van der Waals surface area contributed by atoms with Crippen molar-refractivity contribution in [1.82, 2.24) is 25.3 Å². The molecule has 3 rings (SSSR count). The molecule has 25 heavy (non-hydrogen) atoms. The van der Waals surface area contributed by atoms with Crippen LogP contribution in [0.5, 0.6) is 0 Å². The van der Waals surface area contributed by atoms with Crippen molar-refractivity contribution in [3.05, 3.63) is 41.5 Å². The number of nitrogens with one attached hydrogen (secondary N) is 1. The Morgan fingerprint density at radius 3 is 2.68 bits per heavy atom. The van der Waals surface area contributed by atoms with Crippen LogP contribution in [0.25, 0.3) is 0 Å². The van der Waals surface area contributed by atoms with Gasteiger partial charge in [0, 0.05) is 31.7 Å². The number of aromatic nitrogens is 4. The number of hydrogen-bond donors (Lipinski definition) is 2. The first kappa shape index (κ1) is 17.3. The van der Waals surface area contributed by atoms with Crippen LogP contribution < -0.4 is 0 Å². The average Bonchev–Trinajstić information content (AvgIpc) is 3.16. The number of H-pyrrole nitrogens is 1. The highest BCUT2D eigenvalue weighted by atomic mass is 19.4. The molecule has 1 aliphatic heterocycles. The van der Waals surface area contributed by atoms with Gasteiger partial charge >= 0.3 is 12.1 Å². The van der Waals surface area contributed by atoms with E-state index in [0.717, 1.165) is 6.07 Å². The van der Waals surface area contributed by atoms with E-state index in [9.17, 15) is 18.0 Å². The Bertz CT molecular complexity index is 718. The smallest absolute Gasteiger partial charge is 0.433 e. The molecule has 2 aromatic heterocycles. The number of hydrogen-bond acceptors (Lipinski definition) is 5. The fourth-order valence-electron chi connectivity index (χ4n) is 3.19. The molecule has 2 atom stereocenters. The summed E-state index contributed by atoms with van der Waals surface area (Å²) in [6, 6.07) is 2.35. The van der Waals surface area contributed by atoms with Crippen molar-refractivity contribution in [2.45, 2.75) is 25.1 Å². The Kier molecular flexibility index (Phi) is 4.71. The monoisotopic (exact) mass is 355 g/mol. The van der Waals surface area contributed by atoms with Crippen molar-refractivity contribution in [1.29, 1.82) is 0 Å². The molecule has 1 aliphatic rings. The van der Waals surface area contributed by atoms with Crippen molar-refractivity contribution in [2.75, 3.05) is 13.1 Å². The fraction of sp³-hybridized carbons (Fsp3) is 0.467. The molecular formula is C15H16F3N5O2. The van der Waals surface area contributed by atoms with E-state index in [1.54, 1.807) is 6.20 Å². The van der Waals surface area contributed by atoms with Gasteiger partial charge in [0.15, 0.2) is 0 Å². The molecule has 0 radical (unpaired) electrons. The molecule has 10 heteroatoms. The Morgan fingerprint density at radius 2 is 2.12 bits per heavy atom. The predicted molar refractivity (Wildman–Crippen MR) is 79.4 cm³/mol. The van der Waals surface area contributed by atoms with E-state index in [4.69, 9.17) is 5.11 Å². The lowest BCUT2D eigenvalue weighted by atomic mass is 9.91. The highest BCUT2D eigenvalue weighted by Crippen LogP contribution is 2.34. The largest absolute Gasteiger partial charge is 0.481 e. The topological polar surface area (TPSA) is 95.0 Å². The lowest BCUT2D eigenvalue weighted by Crippen LogP contribution is -2.21. The van der Waals surface area contributed by atoms with Crippen LogP contribution in [0.1, 0.15) is 29.3 Å². The van der Waals surface area contributed by atoms with E-state index in [1.165, 1.54) is 12.3 Å². The maximum Gasteiger partial charge on any atom is 0.433 e. The van der Waals surface area contributed by atoms with Crippen LogP contribution in [0.3, 0.4) is 0 Å². The molecule has 2 N–H and O–H groups in total. The molecule has 0 spiro atoms. The molecule has 0 aliphatic carbocycles. The van der Waals surface area contributed by atoms with Gasteiger partial charge in [0.1, 0.15) is 5.69 Å². The highest BCUT2D eigenvalue weighted by molar-refractivity contribution is 5.67. The first-order chi connectivity index (χ1) is 11.8. The van der Waals surface area contributed by atoms with Crippen LogP contribution in [0.15, 0.2) is 24.5 Å². The number of rotatable bonds is 5. The summed E-state index contributed by atoms with van der Waals surface area (Å²) < 4.78 is 37.7. The first-order valence-electron chi connectivity index (χ1n) is 7.65. The van der Waals surface area contributed by atoms with Crippen molar-refractivity contribution >= 4 is 5.97 Å². The van der Waals surface area contributed by atoms with E-state index < -0.39 is 17.8 Å². The van der Waals surface area contributed by atoms with Crippen molar-refractivity contribution in [3.8, 4) is 0 Å². The predicted octanol–water partition coefficient (Wildman–Crippen LogP) is 1.91. The van der Waals surface area contributed by atoms with E-state index >= 15 is 0 Å². The van der Waals surface area contributed by atoms with Gasteiger partial charge in [-0.1, -0.05) is 6.07 Å². The third-order valence-electron chi connectivity index (χ3n) is 4.29.